The quantitative estimate of drug-likeness (QED) is 0.870. The first kappa shape index (κ1) is 13.6. The lowest BCUT2D eigenvalue weighted by atomic mass is 9.98. The molecule has 0 radical (unpaired) electrons. The summed E-state index contributed by atoms with van der Waals surface area (Å²) in [5, 5.41) is 2.72. The van der Waals surface area contributed by atoms with Crippen LogP contribution in [0.15, 0.2) is 30.3 Å². The fraction of sp³-hybridized carbons (Fsp3) is 0.500. The molecule has 1 aromatic carbocycles. The molecule has 3 heteroatoms. The Kier molecular flexibility index (Phi) is 4.55. The van der Waals surface area contributed by atoms with Gasteiger partial charge in [-0.1, -0.05) is 30.3 Å². The zero-order valence-electron chi connectivity index (χ0n) is 11.0. The van der Waals surface area contributed by atoms with Crippen LogP contribution >= 0.6 is 0 Å². The van der Waals surface area contributed by atoms with Crippen LogP contribution in [0.2, 0.25) is 0 Å². The second-order valence-electron chi connectivity index (χ2n) is 5.11. The van der Waals surface area contributed by atoms with Crippen LogP contribution in [0.5, 0.6) is 0 Å². The van der Waals surface area contributed by atoms with Gasteiger partial charge in [0.25, 0.3) is 0 Å². The number of benzene rings is 1. The summed E-state index contributed by atoms with van der Waals surface area (Å²) >= 11 is 0. The third-order valence-corrected chi connectivity index (χ3v) is 2.25. The molecule has 1 N–H and O–H groups in total. The second-order valence-corrected chi connectivity index (χ2v) is 5.11. The van der Waals surface area contributed by atoms with E-state index in [-0.39, 0.29) is 12.1 Å². The van der Waals surface area contributed by atoms with Crippen LogP contribution in [0.3, 0.4) is 0 Å². The average molecular weight is 235 g/mol. The maximum Gasteiger partial charge on any atom is 0.407 e. The molecule has 0 aliphatic heterocycles. The monoisotopic (exact) mass is 235 g/mol. The number of carbonyl (C=O) groups is 1. The Bertz CT molecular complexity index is 358. The first-order valence-corrected chi connectivity index (χ1v) is 5.92. The smallest absolute Gasteiger partial charge is 0.407 e. The summed E-state index contributed by atoms with van der Waals surface area (Å²) in [6, 6.07) is 10.1. The number of alkyl carbamates (subject to hydrolysis) is 1. The zero-order valence-corrected chi connectivity index (χ0v) is 11.0. The first-order valence-electron chi connectivity index (χ1n) is 5.92. The van der Waals surface area contributed by atoms with Crippen molar-refractivity contribution in [1.82, 2.24) is 5.32 Å². The highest BCUT2D eigenvalue weighted by atomic mass is 16.6. The summed E-state index contributed by atoms with van der Waals surface area (Å²) in [4.78, 5) is 11.5. The van der Waals surface area contributed by atoms with Crippen molar-refractivity contribution in [3.8, 4) is 0 Å². The van der Waals surface area contributed by atoms with E-state index in [1.165, 1.54) is 0 Å². The van der Waals surface area contributed by atoms with Crippen LogP contribution < -0.4 is 5.32 Å². The van der Waals surface area contributed by atoms with Crippen molar-refractivity contribution in [3.63, 3.8) is 0 Å². The van der Waals surface area contributed by atoms with E-state index in [0.29, 0.717) is 6.42 Å². The van der Waals surface area contributed by atoms with E-state index in [0.717, 1.165) is 5.56 Å². The van der Waals surface area contributed by atoms with Crippen molar-refractivity contribution < 1.29 is 9.53 Å². The summed E-state index contributed by atoms with van der Waals surface area (Å²) in [6.07, 6.45) is 0.347. The van der Waals surface area contributed by atoms with Gasteiger partial charge in [0.1, 0.15) is 5.60 Å². The van der Waals surface area contributed by atoms with Crippen molar-refractivity contribution in [1.29, 1.82) is 0 Å². The minimum Gasteiger partial charge on any atom is -0.443 e. The van der Waals surface area contributed by atoms with Crippen LogP contribution in [0.1, 0.15) is 33.3 Å². The van der Waals surface area contributed by atoms with Crippen LogP contribution in [-0.2, 0) is 11.2 Å². The van der Waals surface area contributed by atoms with E-state index in [2.05, 4.69) is 5.32 Å². The predicted octanol–water partition coefficient (Wildman–Crippen LogP) is 3.14. The molecule has 0 saturated heterocycles. The number of carbonyl (C=O) groups excluding carboxylic acids is 1. The summed E-state index contributed by atoms with van der Waals surface area (Å²) in [5.41, 5.74) is 0.662. The van der Waals surface area contributed by atoms with Crippen LogP contribution in [0.25, 0.3) is 0 Å². The Labute approximate surface area is 103 Å². The Hall–Kier alpha value is -1.51. The maximum absolute atomic E-state index is 11.5. The molecule has 0 aliphatic carbocycles. The predicted molar refractivity (Wildman–Crippen MR) is 69.0 cm³/mol. The van der Waals surface area contributed by atoms with E-state index < -0.39 is 5.60 Å². The van der Waals surface area contributed by atoms with Gasteiger partial charge in [-0.3, -0.25) is 0 Å². The first-order chi connectivity index (χ1) is 7.89. The van der Waals surface area contributed by atoms with Gasteiger partial charge in [0.05, 0.1) is 0 Å². The Morgan fingerprint density at radius 3 is 2.41 bits per heavy atom. The SMILES string of the molecule is CC(C)NC(=O)OC(C)(C)Cc1ccccc1. The lowest BCUT2D eigenvalue weighted by Gasteiger charge is -2.26. The summed E-state index contributed by atoms with van der Waals surface area (Å²) in [6.45, 7) is 7.65. The zero-order chi connectivity index (χ0) is 12.9. The largest absolute Gasteiger partial charge is 0.443 e. The Morgan fingerprint density at radius 2 is 1.88 bits per heavy atom. The van der Waals surface area contributed by atoms with Gasteiger partial charge in [0.2, 0.25) is 0 Å². The number of ether oxygens (including phenoxy) is 1. The molecular formula is C14H21NO2. The van der Waals surface area contributed by atoms with Gasteiger partial charge in [-0.25, -0.2) is 4.79 Å². The lowest BCUT2D eigenvalue weighted by Crippen LogP contribution is -2.38. The number of nitrogens with one attached hydrogen (secondary N) is 1. The Balaban J connectivity index is 2.54. The molecule has 17 heavy (non-hydrogen) atoms. The maximum atomic E-state index is 11.5. The number of rotatable bonds is 4. The van der Waals surface area contributed by atoms with Crippen LogP contribution in [-0.4, -0.2) is 17.7 Å². The lowest BCUT2D eigenvalue weighted by molar-refractivity contribution is 0.0380. The molecule has 0 bridgehead atoms. The topological polar surface area (TPSA) is 38.3 Å². The van der Waals surface area contributed by atoms with Crippen molar-refractivity contribution in [2.45, 2.75) is 45.8 Å². The minimum absolute atomic E-state index is 0.0926. The van der Waals surface area contributed by atoms with Gasteiger partial charge >= 0.3 is 6.09 Å². The van der Waals surface area contributed by atoms with Gasteiger partial charge in [-0.2, -0.15) is 0 Å². The van der Waals surface area contributed by atoms with Crippen molar-refractivity contribution in [3.05, 3.63) is 35.9 Å². The molecular weight excluding hydrogens is 214 g/mol. The Morgan fingerprint density at radius 1 is 1.29 bits per heavy atom. The molecule has 3 nitrogen and oxygen atoms in total. The molecule has 0 spiro atoms. The second kappa shape index (κ2) is 5.71. The van der Waals surface area contributed by atoms with Crippen molar-refractivity contribution >= 4 is 6.09 Å². The van der Waals surface area contributed by atoms with Crippen LogP contribution in [0, 0.1) is 0 Å². The fourth-order valence-electron chi connectivity index (χ4n) is 1.64. The van der Waals surface area contributed by atoms with E-state index in [1.807, 2.05) is 58.0 Å². The number of amides is 1. The molecule has 0 saturated carbocycles. The number of hydrogen-bond donors (Lipinski definition) is 1. The van der Waals surface area contributed by atoms with Gasteiger partial charge in [-0.15, -0.1) is 0 Å². The minimum atomic E-state index is -0.500. The van der Waals surface area contributed by atoms with E-state index in [9.17, 15) is 4.79 Å². The normalized spacial score (nSPS) is 11.4. The molecule has 0 fully saturated rings. The summed E-state index contributed by atoms with van der Waals surface area (Å²) < 4.78 is 5.40. The molecule has 0 aliphatic rings. The summed E-state index contributed by atoms with van der Waals surface area (Å²) in [7, 11) is 0. The molecule has 0 atom stereocenters. The van der Waals surface area contributed by atoms with E-state index >= 15 is 0 Å². The van der Waals surface area contributed by atoms with Gasteiger partial charge in [-0.05, 0) is 33.3 Å². The van der Waals surface area contributed by atoms with Gasteiger partial charge in [0, 0.05) is 12.5 Å². The van der Waals surface area contributed by atoms with E-state index in [1.54, 1.807) is 0 Å². The van der Waals surface area contributed by atoms with Crippen molar-refractivity contribution in [2.75, 3.05) is 0 Å². The van der Waals surface area contributed by atoms with E-state index in [4.69, 9.17) is 4.74 Å². The average Bonchev–Trinajstić information content (AvgIpc) is 2.15. The van der Waals surface area contributed by atoms with Crippen molar-refractivity contribution in [2.24, 2.45) is 0 Å². The molecule has 0 unspecified atom stereocenters. The number of hydrogen-bond acceptors (Lipinski definition) is 2. The fourth-order valence-corrected chi connectivity index (χ4v) is 1.64. The highest BCUT2D eigenvalue weighted by Crippen LogP contribution is 2.17. The molecule has 1 amide bonds. The van der Waals surface area contributed by atoms with Crippen LogP contribution in [0.4, 0.5) is 4.79 Å². The van der Waals surface area contributed by atoms with Gasteiger partial charge < -0.3 is 10.1 Å². The molecule has 0 aromatic heterocycles. The third-order valence-electron chi connectivity index (χ3n) is 2.25. The third kappa shape index (κ3) is 5.38. The highest BCUT2D eigenvalue weighted by Gasteiger charge is 2.23. The highest BCUT2D eigenvalue weighted by molar-refractivity contribution is 5.68. The molecule has 1 rings (SSSR count). The molecule has 0 heterocycles. The molecule has 1 aromatic rings. The standard InChI is InChI=1S/C14H21NO2/c1-11(2)15-13(16)17-14(3,4)10-12-8-6-5-7-9-12/h5-9,11H,10H2,1-4H3,(H,15,16). The van der Waals surface area contributed by atoms with Gasteiger partial charge in [0.15, 0.2) is 0 Å². The molecule has 94 valence electrons. The summed E-state index contributed by atoms with van der Waals surface area (Å²) in [5.74, 6) is 0.